The van der Waals surface area contributed by atoms with E-state index in [1.807, 2.05) is 13.8 Å². The van der Waals surface area contributed by atoms with Gasteiger partial charge in [0, 0.05) is 12.2 Å². The Labute approximate surface area is 139 Å². The average molecular weight is 333 g/mol. The van der Waals surface area contributed by atoms with Gasteiger partial charge in [-0.2, -0.15) is 10.2 Å². The van der Waals surface area contributed by atoms with Crippen molar-refractivity contribution in [2.45, 2.75) is 13.8 Å². The van der Waals surface area contributed by atoms with Crippen LogP contribution in [0.15, 0.2) is 36.7 Å². The fourth-order valence-electron chi connectivity index (χ4n) is 1.80. The second kappa shape index (κ2) is 7.69. The second-order valence-corrected chi connectivity index (χ2v) is 5.79. The van der Waals surface area contributed by atoms with E-state index in [-0.39, 0.29) is 16.8 Å². The number of carbonyl (C=O) groups is 2. The Balaban J connectivity index is 2.07. The molecule has 120 valence electrons. The summed E-state index contributed by atoms with van der Waals surface area (Å²) in [6, 6.07) is 6.30. The van der Waals surface area contributed by atoms with Crippen molar-refractivity contribution in [3.63, 3.8) is 0 Å². The van der Waals surface area contributed by atoms with Gasteiger partial charge in [0.25, 0.3) is 11.8 Å². The second-order valence-electron chi connectivity index (χ2n) is 5.38. The van der Waals surface area contributed by atoms with Gasteiger partial charge in [0.05, 0.1) is 28.5 Å². The highest BCUT2D eigenvalue weighted by Crippen LogP contribution is 2.21. The minimum absolute atomic E-state index is 0.236. The van der Waals surface area contributed by atoms with Gasteiger partial charge in [0.1, 0.15) is 0 Å². The van der Waals surface area contributed by atoms with Crippen LogP contribution < -0.4 is 10.6 Å². The third kappa shape index (κ3) is 4.75. The lowest BCUT2D eigenvalue weighted by Crippen LogP contribution is -2.27. The van der Waals surface area contributed by atoms with E-state index >= 15 is 0 Å². The van der Waals surface area contributed by atoms with E-state index in [0.717, 1.165) is 0 Å². The zero-order chi connectivity index (χ0) is 16.8. The molecule has 0 radical (unpaired) electrons. The molecule has 2 amide bonds. The summed E-state index contributed by atoms with van der Waals surface area (Å²) in [5.74, 6) is -0.210. The summed E-state index contributed by atoms with van der Waals surface area (Å²) in [5.41, 5.74) is 1.25. The van der Waals surface area contributed by atoms with Gasteiger partial charge in [0.2, 0.25) is 0 Å². The van der Waals surface area contributed by atoms with Gasteiger partial charge in [-0.1, -0.05) is 25.4 Å². The smallest absolute Gasteiger partial charge is 0.257 e. The number of amides is 2. The van der Waals surface area contributed by atoms with Gasteiger partial charge in [-0.3, -0.25) is 9.59 Å². The summed E-state index contributed by atoms with van der Waals surface area (Å²) in [6.45, 7) is 4.59. The van der Waals surface area contributed by atoms with Gasteiger partial charge in [-0.05, 0) is 30.2 Å². The van der Waals surface area contributed by atoms with Crippen molar-refractivity contribution in [2.75, 3.05) is 11.9 Å². The predicted octanol–water partition coefficient (Wildman–Crippen LogP) is 2.77. The maximum Gasteiger partial charge on any atom is 0.257 e. The molecule has 23 heavy (non-hydrogen) atoms. The number of nitrogens with one attached hydrogen (secondary N) is 2. The van der Waals surface area contributed by atoms with Crippen molar-refractivity contribution in [1.29, 1.82) is 0 Å². The number of anilines is 1. The fraction of sp³-hybridized carbons (Fsp3) is 0.250. The van der Waals surface area contributed by atoms with Gasteiger partial charge in [0.15, 0.2) is 0 Å². The van der Waals surface area contributed by atoms with Crippen LogP contribution in [0.5, 0.6) is 0 Å². The van der Waals surface area contributed by atoms with E-state index in [0.29, 0.717) is 29.3 Å². The summed E-state index contributed by atoms with van der Waals surface area (Å²) >= 11 is 6.13. The maximum atomic E-state index is 12.0. The van der Waals surface area contributed by atoms with Crippen LogP contribution in [-0.4, -0.2) is 28.6 Å². The number of hydrogen-bond donors (Lipinski definition) is 2. The average Bonchev–Trinajstić information content (AvgIpc) is 2.53. The Kier molecular flexibility index (Phi) is 5.65. The minimum Gasteiger partial charge on any atom is -0.352 e. The molecule has 1 aromatic heterocycles. The van der Waals surface area contributed by atoms with Gasteiger partial charge < -0.3 is 10.6 Å². The number of hydrogen-bond acceptors (Lipinski definition) is 4. The molecule has 2 N–H and O–H groups in total. The number of rotatable bonds is 5. The van der Waals surface area contributed by atoms with Crippen LogP contribution in [0.2, 0.25) is 5.02 Å². The lowest BCUT2D eigenvalue weighted by Gasteiger charge is -2.10. The maximum absolute atomic E-state index is 12.0. The van der Waals surface area contributed by atoms with Gasteiger partial charge in [-0.25, -0.2) is 0 Å². The lowest BCUT2D eigenvalue weighted by molar-refractivity contribution is 0.0948. The summed E-state index contributed by atoms with van der Waals surface area (Å²) < 4.78 is 0. The van der Waals surface area contributed by atoms with Crippen molar-refractivity contribution < 1.29 is 9.59 Å². The molecule has 1 heterocycles. The van der Waals surface area contributed by atoms with Crippen LogP contribution in [0.4, 0.5) is 5.69 Å². The van der Waals surface area contributed by atoms with Crippen LogP contribution in [0, 0.1) is 5.92 Å². The molecule has 0 saturated heterocycles. The molecule has 1 aromatic carbocycles. The first-order valence-corrected chi connectivity index (χ1v) is 7.51. The Bertz CT molecular complexity index is 704. The third-order valence-corrected chi connectivity index (χ3v) is 3.30. The molecular weight excluding hydrogens is 316 g/mol. The summed E-state index contributed by atoms with van der Waals surface area (Å²) in [6.07, 6.45) is 2.80. The van der Waals surface area contributed by atoms with E-state index < -0.39 is 0 Å². The summed E-state index contributed by atoms with van der Waals surface area (Å²) in [5, 5.41) is 13.0. The van der Waals surface area contributed by atoms with E-state index in [9.17, 15) is 9.59 Å². The number of aromatic nitrogens is 2. The first kappa shape index (κ1) is 16.9. The summed E-state index contributed by atoms with van der Waals surface area (Å²) in [4.78, 5) is 24.0. The normalized spacial score (nSPS) is 10.4. The van der Waals surface area contributed by atoms with Crippen LogP contribution in [0.25, 0.3) is 0 Å². The van der Waals surface area contributed by atoms with E-state index in [4.69, 9.17) is 11.6 Å². The van der Waals surface area contributed by atoms with Crippen LogP contribution >= 0.6 is 11.6 Å². The molecule has 7 heteroatoms. The standard InChI is InChI=1S/C16H17ClN4O2/c1-10(2)8-18-16(23)13-4-3-12(7-14(13)17)21-15(22)11-5-6-19-20-9-11/h3-7,9-10H,8H2,1-2H3,(H,18,23)(H,21,22). The Morgan fingerprint density at radius 3 is 2.57 bits per heavy atom. The van der Waals surface area contributed by atoms with Crippen LogP contribution in [0.3, 0.4) is 0 Å². The molecule has 2 rings (SSSR count). The van der Waals surface area contributed by atoms with E-state index in [1.54, 1.807) is 24.3 Å². The molecule has 0 unspecified atom stereocenters. The first-order valence-electron chi connectivity index (χ1n) is 7.13. The zero-order valence-electron chi connectivity index (χ0n) is 12.8. The molecule has 0 saturated carbocycles. The SMILES string of the molecule is CC(C)CNC(=O)c1ccc(NC(=O)c2ccnnc2)cc1Cl. The van der Waals surface area contributed by atoms with Crippen molar-refractivity contribution in [2.24, 2.45) is 5.92 Å². The molecule has 2 aromatic rings. The Morgan fingerprint density at radius 1 is 1.17 bits per heavy atom. The van der Waals surface area contributed by atoms with Gasteiger partial charge >= 0.3 is 0 Å². The fourth-order valence-corrected chi connectivity index (χ4v) is 2.06. The molecule has 0 aliphatic carbocycles. The third-order valence-electron chi connectivity index (χ3n) is 2.99. The minimum atomic E-state index is -0.326. The number of benzene rings is 1. The lowest BCUT2D eigenvalue weighted by atomic mass is 10.1. The highest BCUT2D eigenvalue weighted by molar-refractivity contribution is 6.34. The topological polar surface area (TPSA) is 84.0 Å². The number of nitrogens with zero attached hydrogens (tertiary/aromatic N) is 2. The molecule has 0 aliphatic rings. The van der Waals surface area contributed by atoms with Crippen molar-refractivity contribution in [3.8, 4) is 0 Å². The van der Waals surface area contributed by atoms with Crippen molar-refractivity contribution in [3.05, 3.63) is 52.8 Å². The van der Waals surface area contributed by atoms with E-state index in [1.165, 1.54) is 12.4 Å². The highest BCUT2D eigenvalue weighted by Gasteiger charge is 2.12. The number of halogens is 1. The monoisotopic (exact) mass is 332 g/mol. The largest absolute Gasteiger partial charge is 0.352 e. The number of carbonyl (C=O) groups excluding carboxylic acids is 2. The molecule has 0 atom stereocenters. The Morgan fingerprint density at radius 2 is 1.96 bits per heavy atom. The molecule has 0 spiro atoms. The first-order chi connectivity index (χ1) is 11.0. The molecule has 0 fully saturated rings. The molecule has 6 nitrogen and oxygen atoms in total. The molecule has 0 aliphatic heterocycles. The molecule has 0 bridgehead atoms. The van der Waals surface area contributed by atoms with Crippen LogP contribution in [0.1, 0.15) is 34.6 Å². The Hall–Kier alpha value is -2.47. The predicted molar refractivity (Wildman–Crippen MR) is 88.6 cm³/mol. The van der Waals surface area contributed by atoms with Gasteiger partial charge in [-0.15, -0.1) is 0 Å². The van der Waals surface area contributed by atoms with Crippen LogP contribution in [-0.2, 0) is 0 Å². The highest BCUT2D eigenvalue weighted by atomic mass is 35.5. The molecular formula is C16H17ClN4O2. The van der Waals surface area contributed by atoms with Crippen molar-refractivity contribution >= 4 is 29.1 Å². The van der Waals surface area contributed by atoms with E-state index in [2.05, 4.69) is 20.8 Å². The summed E-state index contributed by atoms with van der Waals surface area (Å²) in [7, 11) is 0. The zero-order valence-corrected chi connectivity index (χ0v) is 13.6. The quantitative estimate of drug-likeness (QED) is 0.881. The van der Waals surface area contributed by atoms with Crippen molar-refractivity contribution in [1.82, 2.24) is 15.5 Å².